The number of carbonyl (C=O) groups excluding carboxylic acids is 1. The number of hydrogen-bond donors (Lipinski definition) is 1. The molecule has 0 unspecified atom stereocenters. The van der Waals surface area contributed by atoms with Crippen LogP contribution in [-0.4, -0.2) is 53.6 Å². The molecule has 3 heterocycles. The first-order valence-corrected chi connectivity index (χ1v) is 10.6. The lowest BCUT2D eigenvalue weighted by Crippen LogP contribution is -2.44. The molecule has 1 aliphatic rings. The number of fused-ring (bicyclic) bond motifs is 1. The number of likely N-dealkylation sites (N-methyl/N-ethyl adjacent to an activating group) is 1. The average Bonchev–Trinajstić information content (AvgIpc) is 3.07. The average molecular weight is 412 g/mol. The van der Waals surface area contributed by atoms with Crippen molar-refractivity contribution in [1.82, 2.24) is 14.5 Å². The van der Waals surface area contributed by atoms with E-state index in [2.05, 4.69) is 27.1 Å². The monoisotopic (exact) mass is 411 g/mol. The fourth-order valence-corrected chi connectivity index (χ4v) is 4.64. The molecular weight excluding hydrogens is 386 g/mol. The number of anilines is 2. The van der Waals surface area contributed by atoms with Crippen LogP contribution in [0.25, 0.3) is 10.2 Å². The summed E-state index contributed by atoms with van der Waals surface area (Å²) in [5.74, 6) is -0.208. The van der Waals surface area contributed by atoms with Crippen molar-refractivity contribution in [2.75, 3.05) is 43.4 Å². The smallest absolute Gasteiger partial charge is 0.266 e. The van der Waals surface area contributed by atoms with Crippen molar-refractivity contribution >= 4 is 38.8 Å². The second-order valence-electron chi connectivity index (χ2n) is 7.36. The minimum Gasteiger partial charge on any atom is -0.369 e. The Morgan fingerprint density at radius 2 is 1.86 bits per heavy atom. The molecule has 4 rings (SSSR count). The number of nitrogens with zero attached hydrogens (tertiary/aromatic N) is 4. The summed E-state index contributed by atoms with van der Waals surface area (Å²) in [5, 5.41) is 3.49. The van der Waals surface area contributed by atoms with Crippen molar-refractivity contribution in [3.63, 3.8) is 0 Å². The van der Waals surface area contributed by atoms with Gasteiger partial charge in [-0.3, -0.25) is 14.2 Å². The van der Waals surface area contributed by atoms with Crippen LogP contribution < -0.4 is 15.8 Å². The quantitative estimate of drug-likeness (QED) is 0.715. The summed E-state index contributed by atoms with van der Waals surface area (Å²) in [6, 6.07) is 7.94. The first kappa shape index (κ1) is 19.6. The Kier molecular flexibility index (Phi) is 5.38. The number of aromatic nitrogens is 2. The molecule has 1 amide bonds. The van der Waals surface area contributed by atoms with E-state index in [0.29, 0.717) is 27.2 Å². The van der Waals surface area contributed by atoms with Gasteiger partial charge in [-0.05, 0) is 50.7 Å². The summed E-state index contributed by atoms with van der Waals surface area (Å²) >= 11 is 1.26. The van der Waals surface area contributed by atoms with Crippen LogP contribution in [0, 0.1) is 6.92 Å². The number of carbonyl (C=O) groups is 1. The topological polar surface area (TPSA) is 70.5 Å². The maximum atomic E-state index is 12.8. The van der Waals surface area contributed by atoms with Crippen molar-refractivity contribution in [1.29, 1.82) is 0 Å². The molecule has 0 atom stereocenters. The molecule has 7 nitrogen and oxygen atoms in total. The molecule has 3 aromatic rings. The third-order valence-electron chi connectivity index (χ3n) is 5.46. The minimum atomic E-state index is -0.208. The number of amides is 1. The van der Waals surface area contributed by atoms with Crippen LogP contribution >= 0.6 is 11.3 Å². The molecule has 1 fully saturated rings. The summed E-state index contributed by atoms with van der Waals surface area (Å²) in [4.78, 5) is 35.6. The molecule has 0 radical (unpaired) electrons. The van der Waals surface area contributed by atoms with Crippen LogP contribution in [0.15, 0.2) is 35.4 Å². The van der Waals surface area contributed by atoms with Crippen molar-refractivity contribution in [3.8, 4) is 0 Å². The van der Waals surface area contributed by atoms with E-state index in [-0.39, 0.29) is 11.5 Å². The number of thiophene rings is 1. The molecule has 0 aliphatic carbocycles. The molecule has 29 heavy (non-hydrogen) atoms. The highest BCUT2D eigenvalue weighted by molar-refractivity contribution is 7.20. The fourth-order valence-electron chi connectivity index (χ4n) is 3.61. The lowest BCUT2D eigenvalue weighted by atomic mass is 10.2. The van der Waals surface area contributed by atoms with Gasteiger partial charge in [0.15, 0.2) is 0 Å². The van der Waals surface area contributed by atoms with E-state index < -0.39 is 0 Å². The molecular formula is C21H25N5O2S. The maximum absolute atomic E-state index is 12.8. The van der Waals surface area contributed by atoms with Crippen LogP contribution in [0.4, 0.5) is 11.4 Å². The number of hydrogen-bond acceptors (Lipinski definition) is 6. The van der Waals surface area contributed by atoms with Crippen LogP contribution in [0.1, 0.15) is 22.2 Å². The zero-order valence-corrected chi connectivity index (χ0v) is 17.8. The number of piperazine rings is 1. The van der Waals surface area contributed by atoms with E-state index in [0.717, 1.165) is 31.9 Å². The van der Waals surface area contributed by atoms with Gasteiger partial charge in [0.1, 0.15) is 4.83 Å². The Morgan fingerprint density at radius 3 is 2.52 bits per heavy atom. The maximum Gasteiger partial charge on any atom is 0.266 e. The van der Waals surface area contributed by atoms with Gasteiger partial charge in [0.25, 0.3) is 11.5 Å². The van der Waals surface area contributed by atoms with Gasteiger partial charge in [0, 0.05) is 44.1 Å². The van der Waals surface area contributed by atoms with Crippen LogP contribution in [0.3, 0.4) is 0 Å². The van der Waals surface area contributed by atoms with E-state index in [1.165, 1.54) is 17.0 Å². The van der Waals surface area contributed by atoms with E-state index in [9.17, 15) is 9.59 Å². The molecule has 1 N–H and O–H groups in total. The molecule has 0 bridgehead atoms. The highest BCUT2D eigenvalue weighted by Crippen LogP contribution is 2.28. The van der Waals surface area contributed by atoms with Gasteiger partial charge in [0.05, 0.1) is 16.6 Å². The van der Waals surface area contributed by atoms with E-state index >= 15 is 0 Å². The predicted octanol–water partition coefficient (Wildman–Crippen LogP) is 2.79. The summed E-state index contributed by atoms with van der Waals surface area (Å²) in [6.07, 6.45) is 1.54. The Labute approximate surface area is 173 Å². The number of rotatable bonds is 4. The fraction of sp³-hybridized carbons (Fsp3) is 0.381. The number of nitrogens with one attached hydrogen (secondary N) is 1. The third-order valence-corrected chi connectivity index (χ3v) is 6.66. The van der Waals surface area contributed by atoms with Gasteiger partial charge >= 0.3 is 0 Å². The molecule has 0 saturated carbocycles. The normalized spacial score (nSPS) is 15.1. The van der Waals surface area contributed by atoms with Crippen LogP contribution in [0.5, 0.6) is 0 Å². The highest BCUT2D eigenvalue weighted by atomic mass is 32.1. The summed E-state index contributed by atoms with van der Waals surface area (Å²) in [5.41, 5.74) is 2.50. The molecule has 1 saturated heterocycles. The Bertz CT molecular complexity index is 1090. The molecule has 1 aromatic carbocycles. The van der Waals surface area contributed by atoms with Crippen LogP contribution in [0.2, 0.25) is 0 Å². The Morgan fingerprint density at radius 1 is 1.17 bits per heavy atom. The van der Waals surface area contributed by atoms with Gasteiger partial charge in [-0.2, -0.15) is 0 Å². The standard InChI is InChI=1S/C21H25N5O2S/c1-4-25-13-22-20-17(21(25)28)14(2)18(29-20)19(27)23-15-5-7-16(8-6-15)26-11-9-24(3)10-12-26/h5-8,13H,4,9-12H2,1-3H3,(H,23,27). The zero-order valence-electron chi connectivity index (χ0n) is 16.9. The molecule has 2 aromatic heterocycles. The van der Waals surface area contributed by atoms with Gasteiger partial charge in [0.2, 0.25) is 0 Å². The van der Waals surface area contributed by atoms with Crippen molar-refractivity contribution in [2.45, 2.75) is 20.4 Å². The van der Waals surface area contributed by atoms with Gasteiger partial charge < -0.3 is 15.1 Å². The molecule has 0 spiro atoms. The summed E-state index contributed by atoms with van der Waals surface area (Å²) < 4.78 is 1.56. The summed E-state index contributed by atoms with van der Waals surface area (Å²) in [7, 11) is 2.14. The van der Waals surface area contributed by atoms with Crippen molar-refractivity contribution < 1.29 is 4.79 Å². The summed E-state index contributed by atoms with van der Waals surface area (Å²) in [6.45, 7) is 8.38. The second kappa shape index (κ2) is 7.96. The van der Waals surface area contributed by atoms with E-state index in [4.69, 9.17) is 0 Å². The van der Waals surface area contributed by atoms with Gasteiger partial charge in [-0.25, -0.2) is 4.98 Å². The molecule has 8 heteroatoms. The largest absolute Gasteiger partial charge is 0.369 e. The molecule has 152 valence electrons. The second-order valence-corrected chi connectivity index (χ2v) is 8.36. The Hall–Kier alpha value is -2.71. The first-order valence-electron chi connectivity index (χ1n) is 9.81. The SMILES string of the molecule is CCn1cnc2sc(C(=O)Nc3ccc(N4CCN(C)CC4)cc3)c(C)c2c1=O. The van der Waals surface area contributed by atoms with Crippen molar-refractivity contribution in [3.05, 3.63) is 51.4 Å². The highest BCUT2D eigenvalue weighted by Gasteiger charge is 2.20. The number of benzene rings is 1. The lowest BCUT2D eigenvalue weighted by molar-refractivity contribution is 0.103. The Balaban J connectivity index is 1.53. The van der Waals surface area contributed by atoms with E-state index in [1.807, 2.05) is 38.1 Å². The van der Waals surface area contributed by atoms with Gasteiger partial charge in [-0.15, -0.1) is 11.3 Å². The van der Waals surface area contributed by atoms with Crippen molar-refractivity contribution in [2.24, 2.45) is 0 Å². The first-order chi connectivity index (χ1) is 14.0. The zero-order chi connectivity index (χ0) is 20.5. The lowest BCUT2D eigenvalue weighted by Gasteiger charge is -2.34. The number of aryl methyl sites for hydroxylation is 2. The third kappa shape index (κ3) is 3.77. The van der Waals surface area contributed by atoms with E-state index in [1.54, 1.807) is 10.9 Å². The molecule has 1 aliphatic heterocycles. The predicted molar refractivity (Wildman–Crippen MR) is 118 cm³/mol. The minimum absolute atomic E-state index is 0.0955. The van der Waals surface area contributed by atoms with Gasteiger partial charge in [-0.1, -0.05) is 0 Å². The van der Waals surface area contributed by atoms with Crippen LogP contribution in [-0.2, 0) is 6.54 Å².